The summed E-state index contributed by atoms with van der Waals surface area (Å²) >= 11 is 0. The molecule has 5 rings (SSSR count). The van der Waals surface area contributed by atoms with E-state index in [1.807, 2.05) is 4.72 Å². The molecule has 41 heavy (non-hydrogen) atoms. The van der Waals surface area contributed by atoms with Gasteiger partial charge in [0.15, 0.2) is 0 Å². The zero-order chi connectivity index (χ0) is 29.7. The summed E-state index contributed by atoms with van der Waals surface area (Å²) in [6, 6.07) is 3.16. The Kier molecular flexibility index (Phi) is 7.43. The van der Waals surface area contributed by atoms with Crippen molar-refractivity contribution >= 4 is 38.8 Å². The highest BCUT2D eigenvalue weighted by atomic mass is 32.2. The topological polar surface area (TPSA) is 135 Å². The van der Waals surface area contributed by atoms with Gasteiger partial charge in [-0.2, -0.15) is 0 Å². The van der Waals surface area contributed by atoms with E-state index >= 15 is 0 Å². The van der Waals surface area contributed by atoms with Gasteiger partial charge >= 0.3 is 12.1 Å². The number of nitrogens with zero attached hydrogens (tertiary/aromatic N) is 3. The SMILES string of the molecule is C=CC1CC1N(C(=O)NS(=O)(=O)C1CC1)C(=O)C1CC(Oc2nccc3c(F)cccc23)CN1C(=O)OC(C)(C)C. The Morgan fingerprint density at radius 3 is 2.54 bits per heavy atom. The summed E-state index contributed by atoms with van der Waals surface area (Å²) in [5, 5.41) is 0.0542. The standard InChI is InChI=1S/C28H33FN4O7S/c1-5-16-13-22(16)33(26(35)31-41(37,38)18-9-10-18)25(34)23-14-17(15-32(23)27(36)40-28(2,3)4)39-24-20-7-6-8-21(29)19(20)11-12-30-24/h5-8,11-12,16-18,22-23H,1,9-10,13-15H2,2-4H3,(H,31,35). The van der Waals surface area contributed by atoms with Crippen LogP contribution in [-0.2, 0) is 19.6 Å². The molecule has 1 aromatic heterocycles. The number of ether oxygens (including phenoxy) is 2. The molecule has 13 heteroatoms. The average Bonchev–Trinajstić information content (AvgIpc) is 3.81. The smallest absolute Gasteiger partial charge is 0.411 e. The quantitative estimate of drug-likeness (QED) is 0.484. The number of carbonyl (C=O) groups is 3. The van der Waals surface area contributed by atoms with Crippen LogP contribution in [0.3, 0.4) is 0 Å². The maximum atomic E-state index is 14.4. The van der Waals surface area contributed by atoms with Crippen molar-refractivity contribution in [3.8, 4) is 5.88 Å². The number of sulfonamides is 1. The highest BCUT2D eigenvalue weighted by Crippen LogP contribution is 2.39. The van der Waals surface area contributed by atoms with E-state index in [-0.39, 0.29) is 24.8 Å². The molecule has 4 atom stereocenters. The lowest BCUT2D eigenvalue weighted by atomic mass is 10.1. The Morgan fingerprint density at radius 2 is 1.90 bits per heavy atom. The molecule has 4 amide bonds. The molecule has 1 saturated heterocycles. The number of halogens is 1. The number of aromatic nitrogens is 1. The van der Waals surface area contributed by atoms with E-state index < -0.39 is 62.9 Å². The molecule has 1 N–H and O–H groups in total. The lowest BCUT2D eigenvalue weighted by molar-refractivity contribution is -0.133. The molecule has 3 fully saturated rings. The van der Waals surface area contributed by atoms with Crippen LogP contribution in [0.4, 0.5) is 14.0 Å². The number of hydrogen-bond donors (Lipinski definition) is 1. The van der Waals surface area contributed by atoms with E-state index in [0.717, 1.165) is 4.90 Å². The van der Waals surface area contributed by atoms with Gasteiger partial charge < -0.3 is 9.47 Å². The summed E-state index contributed by atoms with van der Waals surface area (Å²) in [4.78, 5) is 46.8. The Balaban J connectivity index is 1.43. The number of hydrogen-bond acceptors (Lipinski definition) is 8. The Morgan fingerprint density at radius 1 is 1.17 bits per heavy atom. The normalized spacial score (nSPS) is 24.0. The van der Waals surface area contributed by atoms with E-state index in [9.17, 15) is 27.2 Å². The van der Waals surface area contributed by atoms with Crippen molar-refractivity contribution < 1.29 is 36.7 Å². The highest BCUT2D eigenvalue weighted by Gasteiger charge is 2.52. The van der Waals surface area contributed by atoms with Gasteiger partial charge in [-0.3, -0.25) is 14.6 Å². The van der Waals surface area contributed by atoms with Crippen molar-refractivity contribution in [1.29, 1.82) is 0 Å². The number of carbonyl (C=O) groups excluding carboxylic acids is 3. The number of benzene rings is 1. The van der Waals surface area contributed by atoms with E-state index in [1.54, 1.807) is 32.9 Å². The number of imide groups is 1. The van der Waals surface area contributed by atoms with Gasteiger partial charge in [0.1, 0.15) is 23.6 Å². The molecule has 2 aliphatic carbocycles. The van der Waals surface area contributed by atoms with E-state index in [2.05, 4.69) is 11.6 Å². The van der Waals surface area contributed by atoms with Crippen LogP contribution < -0.4 is 9.46 Å². The van der Waals surface area contributed by atoms with Crippen LogP contribution in [0.15, 0.2) is 43.1 Å². The molecule has 2 aromatic rings. The fraction of sp³-hybridized carbons (Fsp3) is 0.500. The summed E-state index contributed by atoms with van der Waals surface area (Å²) in [6.07, 6.45) is 2.73. The minimum atomic E-state index is -3.94. The Labute approximate surface area is 237 Å². The number of urea groups is 1. The fourth-order valence-electron chi connectivity index (χ4n) is 4.99. The van der Waals surface area contributed by atoms with E-state index in [1.165, 1.54) is 29.3 Å². The van der Waals surface area contributed by atoms with Gasteiger partial charge in [-0.25, -0.2) is 32.1 Å². The number of amides is 4. The number of pyridine rings is 1. The Hall–Kier alpha value is -3.74. The third-order valence-electron chi connectivity index (χ3n) is 7.26. The first kappa shape index (κ1) is 28.8. The molecule has 220 valence electrons. The van der Waals surface area contributed by atoms with Crippen LogP contribution in [0.25, 0.3) is 10.8 Å². The average molecular weight is 589 g/mol. The van der Waals surface area contributed by atoms with Gasteiger partial charge in [0, 0.05) is 29.4 Å². The number of fused-ring (bicyclic) bond motifs is 1. The first-order valence-electron chi connectivity index (χ1n) is 13.5. The summed E-state index contributed by atoms with van der Waals surface area (Å²) in [5.74, 6) is -1.28. The lowest BCUT2D eigenvalue weighted by Crippen LogP contribution is -2.55. The Bertz CT molecular complexity index is 1500. The molecule has 0 radical (unpaired) electrons. The largest absolute Gasteiger partial charge is 0.472 e. The molecule has 1 aromatic carbocycles. The number of rotatable bonds is 7. The number of nitrogens with one attached hydrogen (secondary N) is 1. The van der Waals surface area contributed by atoms with E-state index in [4.69, 9.17) is 9.47 Å². The second-order valence-electron chi connectivity index (χ2n) is 11.6. The minimum Gasteiger partial charge on any atom is -0.472 e. The van der Waals surface area contributed by atoms with Gasteiger partial charge in [-0.05, 0) is 64.2 Å². The molecular formula is C28H33FN4O7S. The van der Waals surface area contributed by atoms with E-state index in [0.29, 0.717) is 30.0 Å². The van der Waals surface area contributed by atoms with Crippen molar-refractivity contribution in [3.05, 3.63) is 48.9 Å². The first-order valence-corrected chi connectivity index (χ1v) is 15.0. The third-order valence-corrected chi connectivity index (χ3v) is 9.07. The molecule has 2 heterocycles. The van der Waals surface area contributed by atoms with Crippen molar-refractivity contribution in [2.24, 2.45) is 5.92 Å². The van der Waals surface area contributed by atoms with Crippen LogP contribution in [0.1, 0.15) is 46.5 Å². The minimum absolute atomic E-state index is 0.0317. The number of likely N-dealkylation sites (tertiary alicyclic amines) is 1. The van der Waals surface area contributed by atoms with Gasteiger partial charge in [0.2, 0.25) is 15.9 Å². The van der Waals surface area contributed by atoms with Crippen LogP contribution >= 0.6 is 0 Å². The van der Waals surface area contributed by atoms with Crippen LogP contribution in [0.5, 0.6) is 5.88 Å². The fourth-order valence-corrected chi connectivity index (χ4v) is 6.26. The third kappa shape index (κ3) is 6.14. The summed E-state index contributed by atoms with van der Waals surface area (Å²) in [7, 11) is -3.94. The molecule has 1 aliphatic heterocycles. The van der Waals surface area contributed by atoms with Crippen molar-refractivity contribution in [2.75, 3.05) is 6.54 Å². The molecule has 3 aliphatic rings. The maximum absolute atomic E-state index is 14.4. The van der Waals surface area contributed by atoms with Crippen molar-refractivity contribution in [3.63, 3.8) is 0 Å². The van der Waals surface area contributed by atoms with Crippen molar-refractivity contribution in [2.45, 2.75) is 75.5 Å². The monoisotopic (exact) mass is 588 g/mol. The molecule has 0 spiro atoms. The van der Waals surface area contributed by atoms with Crippen LogP contribution in [0, 0.1) is 11.7 Å². The lowest BCUT2D eigenvalue weighted by Gasteiger charge is -2.30. The molecular weight excluding hydrogens is 555 g/mol. The predicted octanol–water partition coefficient (Wildman–Crippen LogP) is 3.74. The predicted molar refractivity (Wildman–Crippen MR) is 147 cm³/mol. The molecule has 4 unspecified atom stereocenters. The zero-order valence-electron chi connectivity index (χ0n) is 23.1. The van der Waals surface area contributed by atoms with Gasteiger partial charge in [0.25, 0.3) is 5.91 Å². The van der Waals surface area contributed by atoms with Gasteiger partial charge in [-0.15, -0.1) is 6.58 Å². The maximum Gasteiger partial charge on any atom is 0.411 e. The first-order chi connectivity index (χ1) is 19.3. The summed E-state index contributed by atoms with van der Waals surface area (Å²) in [5.41, 5.74) is -0.877. The summed E-state index contributed by atoms with van der Waals surface area (Å²) < 4.78 is 53.1. The molecule has 0 bridgehead atoms. The highest BCUT2D eigenvalue weighted by molar-refractivity contribution is 7.90. The zero-order valence-corrected chi connectivity index (χ0v) is 23.9. The molecule has 2 saturated carbocycles. The van der Waals surface area contributed by atoms with Crippen LogP contribution in [-0.4, -0.2) is 76.8 Å². The van der Waals surface area contributed by atoms with Gasteiger partial charge in [0.05, 0.1) is 11.8 Å². The van der Waals surface area contributed by atoms with Crippen LogP contribution in [0.2, 0.25) is 0 Å². The second-order valence-corrected chi connectivity index (χ2v) is 13.6. The molecule has 11 nitrogen and oxygen atoms in total. The van der Waals surface area contributed by atoms with Gasteiger partial charge in [-0.1, -0.05) is 12.1 Å². The summed E-state index contributed by atoms with van der Waals surface area (Å²) in [6.45, 7) is 8.70. The second kappa shape index (κ2) is 10.6. The van der Waals surface area contributed by atoms with Crippen molar-refractivity contribution in [1.82, 2.24) is 19.5 Å².